The summed E-state index contributed by atoms with van der Waals surface area (Å²) in [7, 11) is 1.16. The first kappa shape index (κ1) is 25.6. The van der Waals surface area contributed by atoms with Gasteiger partial charge in [-0.15, -0.1) is 11.3 Å². The minimum absolute atomic E-state index is 0.00752. The van der Waals surface area contributed by atoms with Crippen LogP contribution < -0.4 is 0 Å². The molecule has 1 aromatic heterocycles. The number of aromatic nitrogens is 1. The number of nitrogens with zero attached hydrogens (tertiary/aromatic N) is 2. The minimum Gasteiger partial charge on any atom is -0.464 e. The van der Waals surface area contributed by atoms with Gasteiger partial charge in [0.1, 0.15) is 5.01 Å². The second-order valence-electron chi connectivity index (χ2n) is 6.85. The molecule has 1 aromatic carbocycles. The van der Waals surface area contributed by atoms with E-state index in [1.807, 2.05) is 6.92 Å². The number of hydrogen-bond donors (Lipinski definition) is 0. The number of rotatable bonds is 8. The third-order valence-corrected chi connectivity index (χ3v) is 5.26. The molecule has 176 valence electrons. The molecular weight excluding hydrogens is 462 g/mol. The summed E-state index contributed by atoms with van der Waals surface area (Å²) < 4.78 is 83.5. The Morgan fingerprint density at radius 1 is 1.03 bits per heavy atom. The summed E-state index contributed by atoms with van der Waals surface area (Å²) in [5.74, 6) is -1.70. The molecule has 32 heavy (non-hydrogen) atoms. The number of esters is 1. The Balaban J connectivity index is 2.41. The molecule has 0 spiro atoms. The molecule has 2 rings (SSSR count). The zero-order valence-electron chi connectivity index (χ0n) is 17.1. The zero-order chi connectivity index (χ0) is 24.1. The molecule has 0 unspecified atom stereocenters. The summed E-state index contributed by atoms with van der Waals surface area (Å²) >= 11 is 1.02. The van der Waals surface area contributed by atoms with E-state index in [1.165, 1.54) is 5.38 Å². The number of halogens is 6. The first-order valence-electron chi connectivity index (χ1n) is 9.48. The maximum absolute atomic E-state index is 13.2. The van der Waals surface area contributed by atoms with Crippen molar-refractivity contribution in [2.24, 2.45) is 0 Å². The Kier molecular flexibility index (Phi) is 8.27. The van der Waals surface area contributed by atoms with E-state index in [0.29, 0.717) is 30.0 Å². The van der Waals surface area contributed by atoms with Crippen molar-refractivity contribution in [1.29, 1.82) is 0 Å². The van der Waals surface area contributed by atoms with E-state index in [1.54, 1.807) is 0 Å². The minimum atomic E-state index is -5.06. The number of alkyl halides is 6. The summed E-state index contributed by atoms with van der Waals surface area (Å²) in [4.78, 5) is 29.7. The highest BCUT2D eigenvalue weighted by Gasteiger charge is 2.38. The normalized spacial score (nSPS) is 12.0. The summed E-state index contributed by atoms with van der Waals surface area (Å²) in [6.45, 7) is 1.82. The second-order valence-corrected chi connectivity index (χ2v) is 7.79. The van der Waals surface area contributed by atoms with E-state index in [-0.39, 0.29) is 24.8 Å². The average Bonchev–Trinajstić information content (AvgIpc) is 3.19. The summed E-state index contributed by atoms with van der Waals surface area (Å²) in [6.07, 6.45) is -8.15. The highest BCUT2D eigenvalue weighted by molar-refractivity contribution is 7.09. The molecule has 0 fully saturated rings. The van der Waals surface area contributed by atoms with Crippen molar-refractivity contribution < 1.29 is 40.7 Å². The maximum Gasteiger partial charge on any atom is 0.416 e. The van der Waals surface area contributed by atoms with Crippen LogP contribution in [0.5, 0.6) is 0 Å². The number of amides is 1. The van der Waals surface area contributed by atoms with Crippen LogP contribution in [0.4, 0.5) is 26.3 Å². The number of benzene rings is 1. The fourth-order valence-corrected chi connectivity index (χ4v) is 3.59. The molecule has 12 heteroatoms. The highest BCUT2D eigenvalue weighted by atomic mass is 32.1. The van der Waals surface area contributed by atoms with Crippen molar-refractivity contribution >= 4 is 23.2 Å². The van der Waals surface area contributed by atoms with Gasteiger partial charge in [0.25, 0.3) is 5.91 Å². The van der Waals surface area contributed by atoms with Crippen LogP contribution in [-0.2, 0) is 23.6 Å². The summed E-state index contributed by atoms with van der Waals surface area (Å²) in [6, 6.07) is 0.792. The predicted octanol–water partition coefficient (Wildman–Crippen LogP) is 5.80. The van der Waals surface area contributed by atoms with Gasteiger partial charge in [0.15, 0.2) is 5.69 Å². The fraction of sp³-hybridized carbons (Fsp3) is 0.450. The van der Waals surface area contributed by atoms with Gasteiger partial charge in [0.05, 0.1) is 24.8 Å². The number of hydrogen-bond acceptors (Lipinski definition) is 5. The molecule has 0 atom stereocenters. The van der Waals surface area contributed by atoms with Gasteiger partial charge in [0, 0.05) is 17.5 Å². The van der Waals surface area contributed by atoms with Crippen molar-refractivity contribution in [1.82, 2.24) is 9.88 Å². The number of methoxy groups -OCH3 is 1. The SMILES string of the molecule is CCCCCN(Cc1nc(C(=O)OC)cs1)C(=O)c1cc(C(F)(F)F)cc(C(F)(F)F)c1. The van der Waals surface area contributed by atoms with Crippen LogP contribution in [0.25, 0.3) is 0 Å². The molecule has 1 amide bonds. The molecule has 0 aliphatic carbocycles. The van der Waals surface area contributed by atoms with Crippen LogP contribution in [0.2, 0.25) is 0 Å². The molecule has 5 nitrogen and oxygen atoms in total. The average molecular weight is 482 g/mol. The first-order valence-corrected chi connectivity index (χ1v) is 10.4. The van der Waals surface area contributed by atoms with Crippen molar-refractivity contribution in [3.05, 3.63) is 51.0 Å². The molecule has 2 aromatic rings. The lowest BCUT2D eigenvalue weighted by Crippen LogP contribution is -2.32. The van der Waals surface area contributed by atoms with Gasteiger partial charge in [-0.25, -0.2) is 9.78 Å². The molecule has 0 N–H and O–H groups in total. The van der Waals surface area contributed by atoms with Gasteiger partial charge in [-0.2, -0.15) is 26.3 Å². The van der Waals surface area contributed by atoms with E-state index in [9.17, 15) is 35.9 Å². The quantitative estimate of drug-likeness (QED) is 0.271. The van der Waals surface area contributed by atoms with E-state index in [0.717, 1.165) is 29.8 Å². The predicted molar refractivity (Wildman–Crippen MR) is 104 cm³/mol. The van der Waals surface area contributed by atoms with Crippen LogP contribution in [0, 0.1) is 0 Å². The van der Waals surface area contributed by atoms with Gasteiger partial charge < -0.3 is 9.64 Å². The Bertz CT molecular complexity index is 923. The molecule has 0 radical (unpaired) electrons. The van der Waals surface area contributed by atoms with Gasteiger partial charge in [-0.05, 0) is 24.6 Å². The molecule has 1 heterocycles. The second kappa shape index (κ2) is 10.3. The number of thiazole rings is 1. The number of ether oxygens (including phenoxy) is 1. The van der Waals surface area contributed by atoms with E-state index >= 15 is 0 Å². The number of unbranched alkanes of at least 4 members (excludes halogenated alkanes) is 2. The maximum atomic E-state index is 13.2. The first-order chi connectivity index (χ1) is 14.9. The fourth-order valence-electron chi connectivity index (χ4n) is 2.81. The molecule has 0 bridgehead atoms. The van der Waals surface area contributed by atoms with E-state index in [2.05, 4.69) is 9.72 Å². The third kappa shape index (κ3) is 6.68. The lowest BCUT2D eigenvalue weighted by atomic mass is 10.0. The molecule has 0 aliphatic heterocycles. The van der Waals surface area contributed by atoms with Gasteiger partial charge in [0.2, 0.25) is 0 Å². The highest BCUT2D eigenvalue weighted by Crippen LogP contribution is 2.36. The Labute approximate surface area is 184 Å². The van der Waals surface area contributed by atoms with Crippen molar-refractivity contribution in [3.8, 4) is 0 Å². The standard InChI is InChI=1S/C20H20F6N2O3S/c1-3-4-5-6-28(10-16-27-15(11-32-16)18(30)31-2)17(29)12-7-13(19(21,22)23)9-14(8-12)20(24,25)26/h7-9,11H,3-6,10H2,1-2H3. The van der Waals surface area contributed by atoms with E-state index < -0.39 is 40.9 Å². The van der Waals surface area contributed by atoms with Crippen LogP contribution >= 0.6 is 11.3 Å². The molecule has 0 aliphatic rings. The van der Waals surface area contributed by atoms with Crippen LogP contribution in [-0.4, -0.2) is 35.4 Å². The Morgan fingerprint density at radius 3 is 2.12 bits per heavy atom. The van der Waals surface area contributed by atoms with Crippen LogP contribution in [0.15, 0.2) is 23.6 Å². The zero-order valence-corrected chi connectivity index (χ0v) is 18.0. The third-order valence-electron chi connectivity index (χ3n) is 4.43. The lowest BCUT2D eigenvalue weighted by molar-refractivity contribution is -0.143. The van der Waals surface area contributed by atoms with Crippen molar-refractivity contribution in [2.75, 3.05) is 13.7 Å². The van der Waals surface area contributed by atoms with Crippen LogP contribution in [0.1, 0.15) is 63.2 Å². The smallest absolute Gasteiger partial charge is 0.416 e. The summed E-state index contributed by atoms with van der Waals surface area (Å²) in [5, 5.41) is 1.68. The van der Waals surface area contributed by atoms with Crippen LogP contribution in [0.3, 0.4) is 0 Å². The summed E-state index contributed by atoms with van der Waals surface area (Å²) in [5.41, 5.74) is -3.86. The van der Waals surface area contributed by atoms with Gasteiger partial charge >= 0.3 is 18.3 Å². The molecule has 0 saturated heterocycles. The van der Waals surface area contributed by atoms with Gasteiger partial charge in [-0.3, -0.25) is 4.79 Å². The van der Waals surface area contributed by atoms with Gasteiger partial charge in [-0.1, -0.05) is 19.8 Å². The lowest BCUT2D eigenvalue weighted by Gasteiger charge is -2.23. The van der Waals surface area contributed by atoms with E-state index in [4.69, 9.17) is 0 Å². The molecule has 0 saturated carbocycles. The topological polar surface area (TPSA) is 59.5 Å². The number of carbonyl (C=O) groups is 2. The number of carbonyl (C=O) groups excluding carboxylic acids is 2. The Morgan fingerprint density at radius 2 is 1.62 bits per heavy atom. The Hall–Kier alpha value is -2.63. The largest absolute Gasteiger partial charge is 0.464 e. The molecular formula is C20H20F6N2O3S. The van der Waals surface area contributed by atoms with Crippen molar-refractivity contribution in [2.45, 2.75) is 45.1 Å². The monoisotopic (exact) mass is 482 g/mol. The van der Waals surface area contributed by atoms with Crippen molar-refractivity contribution in [3.63, 3.8) is 0 Å².